The van der Waals surface area contributed by atoms with E-state index in [0.29, 0.717) is 28.1 Å². The molecule has 1 N–H and O–H groups in total. The van der Waals surface area contributed by atoms with E-state index < -0.39 is 17.8 Å². The molecule has 3 aromatic heterocycles. The Hall–Kier alpha value is -4.73. The highest BCUT2D eigenvalue weighted by Crippen LogP contribution is 2.32. The number of pyridine rings is 2. The lowest BCUT2D eigenvalue weighted by Crippen LogP contribution is -2.24. The van der Waals surface area contributed by atoms with Crippen LogP contribution in [0.3, 0.4) is 0 Å². The van der Waals surface area contributed by atoms with Crippen molar-refractivity contribution < 1.29 is 18.3 Å². The van der Waals surface area contributed by atoms with Crippen molar-refractivity contribution in [2.24, 2.45) is 0 Å². The van der Waals surface area contributed by atoms with Gasteiger partial charge in [-0.3, -0.25) is 9.78 Å². The van der Waals surface area contributed by atoms with Gasteiger partial charge in [0.2, 0.25) is 11.9 Å². The third-order valence-electron chi connectivity index (χ3n) is 5.40. The van der Waals surface area contributed by atoms with E-state index in [1.165, 1.54) is 0 Å². The Morgan fingerprint density at radius 2 is 1.86 bits per heavy atom. The van der Waals surface area contributed by atoms with Crippen LogP contribution in [0.15, 0.2) is 73.2 Å². The summed E-state index contributed by atoms with van der Waals surface area (Å²) in [6.45, 7) is 1.71. The molecule has 0 aliphatic carbocycles. The first-order valence-corrected chi connectivity index (χ1v) is 10.6. The first-order valence-electron chi connectivity index (χ1n) is 10.6. The van der Waals surface area contributed by atoms with E-state index in [4.69, 9.17) is 4.74 Å². The molecule has 5 rings (SSSR count). The van der Waals surface area contributed by atoms with Crippen LogP contribution in [0.25, 0.3) is 16.6 Å². The Kier molecular flexibility index (Phi) is 5.84. The highest BCUT2D eigenvalue weighted by molar-refractivity contribution is 5.96. The molecular weight excluding hydrogens is 454 g/mol. The standard InChI is InChI=1S/C25H18F2N6O2/c1-15-18(25(34)29-14-16-11-23(26)31-24(27)12-16)3-2-4-21(15)35-22-7-8-28-20-13-17(5-6-19(20)22)33-10-9-30-32-33/h2-13H,14H2,1H3,(H,29,34). The van der Waals surface area contributed by atoms with Crippen molar-refractivity contribution in [1.29, 1.82) is 0 Å². The number of aromatic nitrogens is 5. The van der Waals surface area contributed by atoms with Crippen molar-refractivity contribution in [3.05, 3.63) is 102 Å². The SMILES string of the molecule is Cc1c(Oc2ccnc3cc(-n4ccnn4)ccc23)cccc1C(=O)NCc1cc(F)nc(F)c1. The van der Waals surface area contributed by atoms with E-state index in [2.05, 4.69) is 25.6 Å². The second-order valence-corrected chi connectivity index (χ2v) is 7.69. The average Bonchev–Trinajstić information content (AvgIpc) is 3.38. The number of hydrogen-bond acceptors (Lipinski definition) is 6. The fraction of sp³-hybridized carbons (Fsp3) is 0.0800. The fourth-order valence-electron chi connectivity index (χ4n) is 3.67. The summed E-state index contributed by atoms with van der Waals surface area (Å²) in [7, 11) is 0. The van der Waals surface area contributed by atoms with E-state index >= 15 is 0 Å². The van der Waals surface area contributed by atoms with Gasteiger partial charge in [0, 0.05) is 29.3 Å². The van der Waals surface area contributed by atoms with Gasteiger partial charge in [-0.2, -0.15) is 13.8 Å². The third kappa shape index (κ3) is 4.67. The van der Waals surface area contributed by atoms with E-state index in [-0.39, 0.29) is 12.1 Å². The maximum Gasteiger partial charge on any atom is 0.251 e. The summed E-state index contributed by atoms with van der Waals surface area (Å²) in [6, 6.07) is 14.6. The molecule has 0 fully saturated rings. The Morgan fingerprint density at radius 1 is 1.03 bits per heavy atom. The second kappa shape index (κ2) is 9.26. The molecule has 5 aromatic rings. The number of benzene rings is 2. The van der Waals surface area contributed by atoms with Crippen LogP contribution in [0.5, 0.6) is 11.5 Å². The van der Waals surface area contributed by atoms with E-state index in [1.54, 1.807) is 54.5 Å². The van der Waals surface area contributed by atoms with Gasteiger partial charge in [-0.15, -0.1) is 5.10 Å². The molecule has 3 heterocycles. The maximum atomic E-state index is 13.3. The summed E-state index contributed by atoms with van der Waals surface area (Å²) >= 11 is 0. The number of fused-ring (bicyclic) bond motifs is 1. The molecule has 35 heavy (non-hydrogen) atoms. The summed E-state index contributed by atoms with van der Waals surface area (Å²) < 4.78 is 34.4. The summed E-state index contributed by atoms with van der Waals surface area (Å²) in [5, 5.41) is 11.3. The van der Waals surface area contributed by atoms with Crippen molar-refractivity contribution in [3.8, 4) is 17.2 Å². The van der Waals surface area contributed by atoms with E-state index in [0.717, 1.165) is 23.2 Å². The van der Waals surface area contributed by atoms with Gasteiger partial charge in [0.15, 0.2) is 0 Å². The number of carbonyl (C=O) groups excluding carboxylic acids is 1. The lowest BCUT2D eigenvalue weighted by Gasteiger charge is -2.14. The molecule has 2 aromatic carbocycles. The molecule has 10 heteroatoms. The fourth-order valence-corrected chi connectivity index (χ4v) is 3.67. The van der Waals surface area contributed by atoms with Crippen LogP contribution in [0.2, 0.25) is 0 Å². The van der Waals surface area contributed by atoms with Crippen LogP contribution in [-0.2, 0) is 6.54 Å². The molecule has 0 unspecified atom stereocenters. The van der Waals surface area contributed by atoms with Gasteiger partial charge in [-0.25, -0.2) is 4.68 Å². The smallest absolute Gasteiger partial charge is 0.251 e. The van der Waals surface area contributed by atoms with Gasteiger partial charge < -0.3 is 10.1 Å². The molecule has 8 nitrogen and oxygen atoms in total. The summed E-state index contributed by atoms with van der Waals surface area (Å²) in [5.41, 5.74) is 2.77. The Bertz CT molecular complexity index is 1520. The minimum Gasteiger partial charge on any atom is -0.456 e. The molecule has 0 aliphatic rings. The minimum atomic E-state index is -0.946. The number of hydrogen-bond donors (Lipinski definition) is 1. The van der Waals surface area contributed by atoms with Gasteiger partial charge in [0.05, 0.1) is 23.6 Å². The van der Waals surface area contributed by atoms with E-state index in [9.17, 15) is 13.6 Å². The van der Waals surface area contributed by atoms with Crippen molar-refractivity contribution in [1.82, 2.24) is 30.3 Å². The monoisotopic (exact) mass is 472 g/mol. The average molecular weight is 472 g/mol. The number of amides is 1. The van der Waals surface area contributed by atoms with Gasteiger partial charge >= 0.3 is 0 Å². The molecule has 0 atom stereocenters. The van der Waals surface area contributed by atoms with Gasteiger partial charge in [0.25, 0.3) is 5.91 Å². The number of rotatable bonds is 6. The molecule has 0 bridgehead atoms. The molecule has 0 spiro atoms. The largest absolute Gasteiger partial charge is 0.456 e. The molecule has 174 valence electrons. The van der Waals surface area contributed by atoms with Crippen molar-refractivity contribution >= 4 is 16.8 Å². The maximum absolute atomic E-state index is 13.3. The highest BCUT2D eigenvalue weighted by atomic mass is 19.1. The van der Waals surface area contributed by atoms with Gasteiger partial charge in [0.1, 0.15) is 11.5 Å². The molecule has 0 radical (unpaired) electrons. The normalized spacial score (nSPS) is 10.9. The summed E-state index contributed by atoms with van der Waals surface area (Å²) in [5.74, 6) is -1.23. The second-order valence-electron chi connectivity index (χ2n) is 7.69. The van der Waals surface area contributed by atoms with E-state index in [1.807, 2.05) is 18.2 Å². The zero-order valence-corrected chi connectivity index (χ0v) is 18.4. The molecule has 0 saturated carbocycles. The predicted octanol–water partition coefficient (Wildman–Crippen LogP) is 4.52. The number of halogens is 2. The van der Waals surface area contributed by atoms with Crippen molar-refractivity contribution in [2.75, 3.05) is 0 Å². The molecule has 1 amide bonds. The lowest BCUT2D eigenvalue weighted by atomic mass is 10.1. The van der Waals surface area contributed by atoms with Crippen LogP contribution in [0, 0.1) is 18.8 Å². The summed E-state index contributed by atoms with van der Waals surface area (Å²) in [4.78, 5) is 20.3. The van der Waals surface area contributed by atoms with Gasteiger partial charge in [-0.05, 0) is 61.0 Å². The number of carbonyl (C=O) groups is 1. The predicted molar refractivity (Wildman–Crippen MR) is 123 cm³/mol. The third-order valence-corrected chi connectivity index (χ3v) is 5.40. The van der Waals surface area contributed by atoms with Crippen LogP contribution < -0.4 is 10.1 Å². The van der Waals surface area contributed by atoms with Crippen LogP contribution in [-0.4, -0.2) is 30.9 Å². The zero-order chi connectivity index (χ0) is 24.4. The minimum absolute atomic E-state index is 0.0528. The topological polar surface area (TPSA) is 94.8 Å². The number of nitrogens with zero attached hydrogens (tertiary/aromatic N) is 5. The zero-order valence-electron chi connectivity index (χ0n) is 18.4. The molecule has 0 aliphatic heterocycles. The number of ether oxygens (including phenoxy) is 1. The van der Waals surface area contributed by atoms with Crippen LogP contribution >= 0.6 is 0 Å². The van der Waals surface area contributed by atoms with Gasteiger partial charge in [-0.1, -0.05) is 11.3 Å². The highest BCUT2D eigenvalue weighted by Gasteiger charge is 2.15. The first-order chi connectivity index (χ1) is 17.0. The van der Waals surface area contributed by atoms with Crippen LogP contribution in [0.1, 0.15) is 21.5 Å². The Balaban J connectivity index is 1.38. The number of nitrogens with one attached hydrogen (secondary N) is 1. The molecular formula is C25H18F2N6O2. The summed E-state index contributed by atoms with van der Waals surface area (Å²) in [6.07, 6.45) is 4.97. The molecule has 0 saturated heterocycles. The van der Waals surface area contributed by atoms with Crippen molar-refractivity contribution in [3.63, 3.8) is 0 Å². The lowest BCUT2D eigenvalue weighted by molar-refractivity contribution is 0.0949. The Labute approximate surface area is 198 Å². The first kappa shape index (κ1) is 22.1. The quantitative estimate of drug-likeness (QED) is 0.365. The van der Waals surface area contributed by atoms with Crippen molar-refractivity contribution in [2.45, 2.75) is 13.5 Å². The Morgan fingerprint density at radius 3 is 2.63 bits per heavy atom. The van der Waals surface area contributed by atoms with Crippen LogP contribution in [0.4, 0.5) is 8.78 Å².